The lowest BCUT2D eigenvalue weighted by atomic mass is 10.1. The zero-order valence-corrected chi connectivity index (χ0v) is 24.9. The third-order valence-corrected chi connectivity index (χ3v) is 6.13. The van der Waals surface area contributed by atoms with Gasteiger partial charge in [0.15, 0.2) is 0 Å². The van der Waals surface area contributed by atoms with Crippen LogP contribution < -0.4 is 29.6 Å². The molecule has 8 heteroatoms. The first-order valence-corrected chi connectivity index (χ1v) is 14.9. The van der Waals surface area contributed by atoms with Crippen molar-refractivity contribution in [2.24, 2.45) is 0 Å². The molecule has 0 aromatic heterocycles. The summed E-state index contributed by atoms with van der Waals surface area (Å²) in [4.78, 5) is 0. The predicted octanol–water partition coefficient (Wildman–Crippen LogP) is 4.96. The van der Waals surface area contributed by atoms with Gasteiger partial charge >= 0.3 is 0 Å². The third kappa shape index (κ3) is 16.6. The number of ether oxygens (including phenoxy) is 4. The van der Waals surface area contributed by atoms with E-state index in [0.717, 1.165) is 48.7 Å². The van der Waals surface area contributed by atoms with E-state index in [9.17, 15) is 10.2 Å². The highest BCUT2D eigenvalue weighted by Gasteiger charge is 2.07. The van der Waals surface area contributed by atoms with Gasteiger partial charge in [-0.1, -0.05) is 53.4 Å². The summed E-state index contributed by atoms with van der Waals surface area (Å²) in [6.45, 7) is 11.2. The van der Waals surface area contributed by atoms with Crippen LogP contribution in [0.25, 0.3) is 0 Å². The quantitative estimate of drug-likeness (QED) is 0.142. The van der Waals surface area contributed by atoms with E-state index in [1.165, 1.54) is 12.8 Å². The van der Waals surface area contributed by atoms with Crippen LogP contribution in [0.4, 0.5) is 0 Å². The van der Waals surface area contributed by atoms with Crippen molar-refractivity contribution in [2.45, 2.75) is 90.5 Å². The van der Waals surface area contributed by atoms with Gasteiger partial charge < -0.3 is 39.8 Å². The lowest BCUT2D eigenvalue weighted by Gasteiger charge is -2.15. The fraction of sp³-hybridized carbons (Fsp3) is 0.625. The number of nitrogens with one attached hydrogen (secondary N) is 2. The molecule has 0 fully saturated rings. The second-order valence-electron chi connectivity index (χ2n) is 10.8. The van der Waals surface area contributed by atoms with Crippen molar-refractivity contribution in [3.63, 3.8) is 0 Å². The van der Waals surface area contributed by atoms with E-state index < -0.39 is 12.2 Å². The molecule has 0 heterocycles. The number of unbranched alkanes of at least 4 members (excludes halogenated alkanes) is 5. The number of aliphatic hydroxyl groups is 2. The molecule has 0 aliphatic rings. The Morgan fingerprint density at radius 3 is 1.12 bits per heavy atom. The summed E-state index contributed by atoms with van der Waals surface area (Å²) >= 11 is 0. The molecule has 2 aromatic rings. The molecule has 0 unspecified atom stereocenters. The summed E-state index contributed by atoms with van der Waals surface area (Å²) in [5.41, 5.74) is 0. The highest BCUT2D eigenvalue weighted by atomic mass is 16.5. The van der Waals surface area contributed by atoms with Gasteiger partial charge in [-0.25, -0.2) is 0 Å². The average Bonchev–Trinajstić information content (AvgIpc) is 2.95. The van der Waals surface area contributed by atoms with E-state index in [1.807, 2.05) is 76.2 Å². The van der Waals surface area contributed by atoms with Crippen molar-refractivity contribution in [3.8, 4) is 23.0 Å². The van der Waals surface area contributed by atoms with Crippen LogP contribution in [0.1, 0.15) is 66.2 Å². The Hall–Kier alpha value is -2.52. The minimum Gasteiger partial charge on any atom is -0.494 e. The van der Waals surface area contributed by atoms with Crippen molar-refractivity contribution in [3.05, 3.63) is 48.5 Å². The van der Waals surface area contributed by atoms with Gasteiger partial charge in [-0.05, 0) is 61.4 Å². The molecule has 0 spiro atoms. The maximum absolute atomic E-state index is 9.94. The number of aliphatic hydroxyl groups excluding tert-OH is 2. The summed E-state index contributed by atoms with van der Waals surface area (Å²) in [5, 5.41) is 26.3. The Morgan fingerprint density at radius 1 is 0.500 bits per heavy atom. The molecule has 226 valence electrons. The monoisotopic (exact) mass is 560 g/mol. The first kappa shape index (κ1) is 33.7. The Balaban J connectivity index is 1.43. The minimum atomic E-state index is -0.534. The molecule has 4 N–H and O–H groups in total. The fourth-order valence-corrected chi connectivity index (χ4v) is 3.80. The maximum atomic E-state index is 9.94. The van der Waals surface area contributed by atoms with Crippen molar-refractivity contribution < 1.29 is 29.2 Å². The van der Waals surface area contributed by atoms with E-state index in [1.54, 1.807) is 0 Å². The maximum Gasteiger partial charge on any atom is 0.119 e. The third-order valence-electron chi connectivity index (χ3n) is 6.13. The van der Waals surface area contributed by atoms with Crippen LogP contribution in [0.2, 0.25) is 0 Å². The molecule has 0 aliphatic carbocycles. The van der Waals surface area contributed by atoms with Gasteiger partial charge in [0.25, 0.3) is 0 Å². The molecule has 0 aliphatic heterocycles. The van der Waals surface area contributed by atoms with Crippen molar-refractivity contribution in [1.82, 2.24) is 10.6 Å². The van der Waals surface area contributed by atoms with Crippen LogP contribution in [0.5, 0.6) is 23.0 Å². The first-order valence-electron chi connectivity index (χ1n) is 14.9. The minimum absolute atomic E-state index is 0.262. The summed E-state index contributed by atoms with van der Waals surface area (Å²) in [6.07, 6.45) is 5.67. The topological polar surface area (TPSA) is 101 Å². The summed E-state index contributed by atoms with van der Waals surface area (Å²) < 4.78 is 23.0. The van der Waals surface area contributed by atoms with Gasteiger partial charge in [-0.2, -0.15) is 0 Å². The molecule has 0 saturated heterocycles. The molecule has 0 bridgehead atoms. The molecule has 0 amide bonds. The lowest BCUT2D eigenvalue weighted by molar-refractivity contribution is 0.104. The zero-order valence-electron chi connectivity index (χ0n) is 24.9. The molecule has 2 rings (SSSR count). The zero-order chi connectivity index (χ0) is 29.0. The smallest absolute Gasteiger partial charge is 0.119 e. The van der Waals surface area contributed by atoms with Gasteiger partial charge in [0, 0.05) is 25.2 Å². The van der Waals surface area contributed by atoms with E-state index in [0.29, 0.717) is 38.4 Å². The molecule has 0 saturated carbocycles. The average molecular weight is 561 g/mol. The fourth-order valence-electron chi connectivity index (χ4n) is 3.80. The second-order valence-corrected chi connectivity index (χ2v) is 10.8. The van der Waals surface area contributed by atoms with Crippen molar-refractivity contribution in [2.75, 3.05) is 39.5 Å². The Labute approximate surface area is 241 Å². The Kier molecular flexibility index (Phi) is 17.2. The molecule has 8 nitrogen and oxygen atoms in total. The van der Waals surface area contributed by atoms with Gasteiger partial charge in [-0.15, -0.1) is 0 Å². The Morgan fingerprint density at radius 2 is 0.800 bits per heavy atom. The van der Waals surface area contributed by atoms with Gasteiger partial charge in [-0.3, -0.25) is 0 Å². The van der Waals surface area contributed by atoms with Gasteiger partial charge in [0.1, 0.15) is 48.4 Å². The van der Waals surface area contributed by atoms with Crippen LogP contribution in [-0.2, 0) is 0 Å². The van der Waals surface area contributed by atoms with Crippen LogP contribution in [-0.4, -0.2) is 74.0 Å². The number of rotatable bonds is 23. The lowest BCUT2D eigenvalue weighted by Crippen LogP contribution is -2.35. The molecular formula is C32H52N2O6. The molecule has 40 heavy (non-hydrogen) atoms. The Bertz CT molecular complexity index is 802. The molecule has 2 aromatic carbocycles. The largest absolute Gasteiger partial charge is 0.494 e. The normalized spacial score (nSPS) is 12.9. The van der Waals surface area contributed by atoms with E-state index in [2.05, 4.69) is 10.6 Å². The standard InChI is InChI=1S/C32H52N2O6/c1-25(2)33-21-27(35)23-39-31-15-11-29(12-16-31)37-19-9-7-5-6-8-10-20-38-30-13-17-32(18-14-30)40-24-28(36)22-34-26(3)4/h11-18,25-28,33-36H,5-10,19-24H2,1-4H3/t27-,28-/m0/s1. The van der Waals surface area contributed by atoms with Gasteiger partial charge in [0.2, 0.25) is 0 Å². The van der Waals surface area contributed by atoms with E-state index in [-0.39, 0.29) is 13.2 Å². The molecule has 2 atom stereocenters. The second kappa shape index (κ2) is 20.4. The van der Waals surface area contributed by atoms with Crippen LogP contribution in [0, 0.1) is 0 Å². The van der Waals surface area contributed by atoms with E-state index >= 15 is 0 Å². The van der Waals surface area contributed by atoms with Crippen LogP contribution >= 0.6 is 0 Å². The number of benzene rings is 2. The molecule has 0 radical (unpaired) electrons. The van der Waals surface area contributed by atoms with E-state index in [4.69, 9.17) is 18.9 Å². The number of hydrogen-bond donors (Lipinski definition) is 4. The molecular weight excluding hydrogens is 508 g/mol. The van der Waals surface area contributed by atoms with Crippen molar-refractivity contribution >= 4 is 0 Å². The SMILES string of the molecule is CC(C)NC[C@H](O)COc1ccc(OCCCCCCCCOc2ccc(OC[C@@H](O)CNC(C)C)cc2)cc1. The van der Waals surface area contributed by atoms with Crippen molar-refractivity contribution in [1.29, 1.82) is 0 Å². The number of hydrogen-bond acceptors (Lipinski definition) is 8. The predicted molar refractivity (Wildman–Crippen MR) is 161 cm³/mol. The highest BCUT2D eigenvalue weighted by molar-refractivity contribution is 5.32. The summed E-state index contributed by atoms with van der Waals surface area (Å²) in [5.74, 6) is 3.13. The highest BCUT2D eigenvalue weighted by Crippen LogP contribution is 2.19. The van der Waals surface area contributed by atoms with Crippen LogP contribution in [0.15, 0.2) is 48.5 Å². The summed E-state index contributed by atoms with van der Waals surface area (Å²) in [7, 11) is 0. The van der Waals surface area contributed by atoms with Gasteiger partial charge in [0.05, 0.1) is 13.2 Å². The summed E-state index contributed by atoms with van der Waals surface area (Å²) in [6, 6.07) is 15.8. The first-order chi connectivity index (χ1) is 19.3. The van der Waals surface area contributed by atoms with Crippen LogP contribution in [0.3, 0.4) is 0 Å².